The van der Waals surface area contributed by atoms with Crippen LogP contribution < -0.4 is 0 Å². The van der Waals surface area contributed by atoms with Crippen LogP contribution in [0.2, 0.25) is 0 Å². The molecule has 0 heterocycles. The van der Waals surface area contributed by atoms with E-state index in [2.05, 4.69) is 4.74 Å². The molecule has 0 unspecified atom stereocenters. The Balaban J connectivity index is 2.23. The summed E-state index contributed by atoms with van der Waals surface area (Å²) in [5, 5.41) is 17.3. The first-order valence-corrected chi connectivity index (χ1v) is 5.57. The molecule has 102 valence electrons. The van der Waals surface area contributed by atoms with Crippen LogP contribution >= 0.6 is 0 Å². The van der Waals surface area contributed by atoms with Gasteiger partial charge in [0.05, 0.1) is 13.2 Å². The highest BCUT2D eigenvalue weighted by atomic mass is 16.7. The van der Waals surface area contributed by atoms with Gasteiger partial charge in [-0.2, -0.15) is 0 Å². The van der Waals surface area contributed by atoms with Crippen LogP contribution in [0.15, 0.2) is 30.3 Å². The molecule has 0 radical (unpaired) electrons. The van der Waals surface area contributed by atoms with Crippen molar-refractivity contribution in [2.45, 2.75) is 6.42 Å². The minimum Gasteiger partial charge on any atom is -0.508 e. The van der Waals surface area contributed by atoms with Gasteiger partial charge in [0.1, 0.15) is 5.75 Å². The third-order valence-corrected chi connectivity index (χ3v) is 2.06. The van der Waals surface area contributed by atoms with Crippen LogP contribution in [0.1, 0.15) is 12.0 Å². The van der Waals surface area contributed by atoms with Crippen molar-refractivity contribution in [3.05, 3.63) is 35.9 Å². The smallest absolute Gasteiger partial charge is 0.505 e. The van der Waals surface area contributed by atoms with Gasteiger partial charge >= 0.3 is 12.1 Å². The summed E-state index contributed by atoms with van der Waals surface area (Å²) < 4.78 is 9.07. The molecule has 1 rings (SSSR count). The molecule has 0 aliphatic heterocycles. The van der Waals surface area contributed by atoms with Gasteiger partial charge in [-0.3, -0.25) is 0 Å². The molecular weight excluding hydrogens is 252 g/mol. The van der Waals surface area contributed by atoms with Gasteiger partial charge in [-0.25, -0.2) is 9.59 Å². The first kappa shape index (κ1) is 14.6. The lowest BCUT2D eigenvalue weighted by Crippen LogP contribution is -2.07. The van der Waals surface area contributed by atoms with E-state index in [-0.39, 0.29) is 19.0 Å². The van der Waals surface area contributed by atoms with E-state index in [1.54, 1.807) is 18.2 Å². The molecule has 0 spiro atoms. The molecule has 0 saturated heterocycles. The van der Waals surface area contributed by atoms with Crippen LogP contribution in [0.25, 0.3) is 6.08 Å². The lowest BCUT2D eigenvalue weighted by atomic mass is 10.2. The van der Waals surface area contributed by atoms with E-state index in [0.717, 1.165) is 5.56 Å². The molecule has 0 atom stereocenters. The van der Waals surface area contributed by atoms with E-state index >= 15 is 0 Å². The van der Waals surface area contributed by atoms with E-state index < -0.39 is 12.1 Å². The minimum absolute atomic E-state index is 0.00963. The number of esters is 1. The lowest BCUT2D eigenvalue weighted by Gasteiger charge is -2.01. The highest BCUT2D eigenvalue weighted by Gasteiger charge is 1.99. The molecule has 1 aromatic carbocycles. The Hall–Kier alpha value is -2.50. The van der Waals surface area contributed by atoms with Gasteiger partial charge in [-0.05, 0) is 23.8 Å². The van der Waals surface area contributed by atoms with Gasteiger partial charge in [0.2, 0.25) is 0 Å². The zero-order valence-electron chi connectivity index (χ0n) is 10.1. The first-order chi connectivity index (χ1) is 9.08. The van der Waals surface area contributed by atoms with Crippen molar-refractivity contribution in [3.63, 3.8) is 0 Å². The van der Waals surface area contributed by atoms with Gasteiger partial charge in [-0.15, -0.1) is 0 Å². The summed E-state index contributed by atoms with van der Waals surface area (Å²) in [6.45, 7) is 0.0797. The number of hydrogen-bond donors (Lipinski definition) is 2. The highest BCUT2D eigenvalue weighted by Crippen LogP contribution is 2.10. The highest BCUT2D eigenvalue weighted by molar-refractivity contribution is 5.87. The Morgan fingerprint density at radius 1 is 1.11 bits per heavy atom. The fourth-order valence-electron chi connectivity index (χ4n) is 1.19. The second-order valence-corrected chi connectivity index (χ2v) is 3.56. The second-order valence-electron chi connectivity index (χ2n) is 3.56. The van der Waals surface area contributed by atoms with Crippen molar-refractivity contribution >= 4 is 18.2 Å². The number of carboxylic acid groups (broad SMARTS) is 1. The number of carbonyl (C=O) groups excluding carboxylic acids is 1. The maximum Gasteiger partial charge on any atom is 0.505 e. The molecule has 0 bridgehead atoms. The van der Waals surface area contributed by atoms with Crippen molar-refractivity contribution in [1.29, 1.82) is 0 Å². The van der Waals surface area contributed by atoms with E-state index in [4.69, 9.17) is 14.9 Å². The zero-order chi connectivity index (χ0) is 14.1. The van der Waals surface area contributed by atoms with Gasteiger partial charge in [0.15, 0.2) is 0 Å². The molecule has 0 fully saturated rings. The monoisotopic (exact) mass is 266 g/mol. The fourth-order valence-corrected chi connectivity index (χ4v) is 1.19. The summed E-state index contributed by atoms with van der Waals surface area (Å²) in [5.74, 6) is -0.374. The van der Waals surface area contributed by atoms with E-state index in [0.29, 0.717) is 6.42 Å². The predicted molar refractivity (Wildman–Crippen MR) is 66.7 cm³/mol. The molecular formula is C13H14O6. The average molecular weight is 266 g/mol. The molecule has 0 amide bonds. The third kappa shape index (κ3) is 6.72. The number of carbonyl (C=O) groups is 2. The Labute approximate surface area is 109 Å². The largest absolute Gasteiger partial charge is 0.508 e. The number of ether oxygens (including phenoxy) is 2. The maximum atomic E-state index is 11.3. The number of rotatable bonds is 6. The van der Waals surface area contributed by atoms with Crippen LogP contribution in [0.4, 0.5) is 4.79 Å². The van der Waals surface area contributed by atoms with Crippen LogP contribution in [0.5, 0.6) is 5.75 Å². The van der Waals surface area contributed by atoms with Crippen molar-refractivity contribution in [2.75, 3.05) is 13.2 Å². The maximum absolute atomic E-state index is 11.3. The quantitative estimate of drug-likeness (QED) is 0.465. The van der Waals surface area contributed by atoms with E-state index in [9.17, 15) is 9.59 Å². The molecule has 6 nitrogen and oxygen atoms in total. The molecule has 0 aliphatic rings. The molecule has 6 heteroatoms. The summed E-state index contributed by atoms with van der Waals surface area (Å²) in [5.41, 5.74) is 0.754. The summed E-state index contributed by atoms with van der Waals surface area (Å²) >= 11 is 0. The van der Waals surface area contributed by atoms with Crippen molar-refractivity contribution < 1.29 is 29.3 Å². The number of benzene rings is 1. The van der Waals surface area contributed by atoms with Crippen molar-refractivity contribution in [1.82, 2.24) is 0 Å². The van der Waals surface area contributed by atoms with Crippen LogP contribution in [0.3, 0.4) is 0 Å². The minimum atomic E-state index is -1.35. The molecule has 0 aromatic heterocycles. The molecule has 0 aliphatic carbocycles. The molecule has 1 aromatic rings. The SMILES string of the molecule is O=C(O)OCCCOC(=O)/C=C/c1ccc(O)cc1. The zero-order valence-corrected chi connectivity index (χ0v) is 10.1. The van der Waals surface area contributed by atoms with E-state index in [1.165, 1.54) is 18.2 Å². The van der Waals surface area contributed by atoms with Crippen molar-refractivity contribution in [2.24, 2.45) is 0 Å². The Bertz CT molecular complexity index is 449. The van der Waals surface area contributed by atoms with Gasteiger partial charge < -0.3 is 19.7 Å². The Kier molecular flexibility index (Phi) is 5.94. The Morgan fingerprint density at radius 2 is 1.74 bits per heavy atom. The van der Waals surface area contributed by atoms with Gasteiger partial charge in [-0.1, -0.05) is 12.1 Å². The molecule has 19 heavy (non-hydrogen) atoms. The normalized spacial score (nSPS) is 10.3. The molecule has 0 saturated carbocycles. The van der Waals surface area contributed by atoms with Crippen LogP contribution in [-0.4, -0.2) is 35.6 Å². The van der Waals surface area contributed by atoms with Crippen LogP contribution in [-0.2, 0) is 14.3 Å². The molecule has 2 N–H and O–H groups in total. The number of phenolic OH excluding ortho intramolecular Hbond substituents is 1. The van der Waals surface area contributed by atoms with Gasteiger partial charge in [0.25, 0.3) is 0 Å². The Morgan fingerprint density at radius 3 is 2.37 bits per heavy atom. The third-order valence-electron chi connectivity index (χ3n) is 2.06. The summed E-state index contributed by atoms with van der Waals surface area (Å²) in [7, 11) is 0. The standard InChI is InChI=1S/C13H14O6/c14-11-5-2-10(3-6-11)4-7-12(15)18-8-1-9-19-13(16)17/h2-7,14H,1,8-9H2,(H,16,17)/b7-4+. The topological polar surface area (TPSA) is 93.1 Å². The summed E-state index contributed by atoms with van der Waals surface area (Å²) in [4.78, 5) is 21.3. The second kappa shape index (κ2) is 7.75. The average Bonchev–Trinajstić information content (AvgIpc) is 2.37. The summed E-state index contributed by atoms with van der Waals surface area (Å²) in [6.07, 6.45) is 1.77. The first-order valence-electron chi connectivity index (χ1n) is 5.57. The number of aromatic hydroxyl groups is 1. The van der Waals surface area contributed by atoms with Gasteiger partial charge in [0, 0.05) is 12.5 Å². The summed E-state index contributed by atoms with van der Waals surface area (Å²) in [6, 6.07) is 6.32. The van der Waals surface area contributed by atoms with Crippen molar-refractivity contribution in [3.8, 4) is 5.75 Å². The lowest BCUT2D eigenvalue weighted by molar-refractivity contribution is -0.137. The van der Waals surface area contributed by atoms with Crippen LogP contribution in [0, 0.1) is 0 Å². The van der Waals surface area contributed by atoms with E-state index in [1.807, 2.05) is 0 Å². The number of phenols is 1. The number of hydrogen-bond acceptors (Lipinski definition) is 5. The fraction of sp³-hybridized carbons (Fsp3) is 0.231. The predicted octanol–water partition coefficient (Wildman–Crippen LogP) is 2.03.